The van der Waals surface area contributed by atoms with Crippen LogP contribution >= 0.6 is 0 Å². The molecule has 7 nitrogen and oxygen atoms in total. The first-order valence-electron chi connectivity index (χ1n) is 8.09. The van der Waals surface area contributed by atoms with Crippen molar-refractivity contribution in [3.63, 3.8) is 0 Å². The van der Waals surface area contributed by atoms with Crippen LogP contribution in [0.5, 0.6) is 0 Å². The van der Waals surface area contributed by atoms with Crippen molar-refractivity contribution in [1.82, 2.24) is 15.1 Å². The van der Waals surface area contributed by atoms with Crippen molar-refractivity contribution in [3.05, 3.63) is 29.5 Å². The van der Waals surface area contributed by atoms with Gasteiger partial charge in [-0.15, -0.1) is 0 Å². The molecule has 0 bridgehead atoms. The molecule has 136 valence electrons. The molecule has 0 aliphatic carbocycles. The molecule has 1 N–H and O–H groups in total. The van der Waals surface area contributed by atoms with E-state index < -0.39 is 23.7 Å². The molecule has 1 aromatic heterocycles. The molecule has 1 heterocycles. The predicted molar refractivity (Wildman–Crippen MR) is 94.3 cm³/mol. The summed E-state index contributed by atoms with van der Waals surface area (Å²) < 4.78 is 11.8. The van der Waals surface area contributed by atoms with Crippen molar-refractivity contribution in [2.24, 2.45) is 7.05 Å². The lowest BCUT2D eigenvalue weighted by atomic mass is 10.0. The summed E-state index contributed by atoms with van der Waals surface area (Å²) in [4.78, 5) is 24.1. The van der Waals surface area contributed by atoms with Gasteiger partial charge in [0.25, 0.3) is 0 Å². The summed E-state index contributed by atoms with van der Waals surface area (Å²) in [5.74, 6) is -0.519. The highest BCUT2D eigenvalue weighted by Crippen LogP contribution is 2.20. The summed E-state index contributed by atoms with van der Waals surface area (Å²) in [6.07, 6.45) is 1.57. The number of nitrogens with one attached hydrogen (secondary N) is 1. The van der Waals surface area contributed by atoms with Gasteiger partial charge in [0.1, 0.15) is 11.6 Å². The zero-order valence-electron chi connectivity index (χ0n) is 15.5. The molecule has 0 aliphatic heterocycles. The van der Waals surface area contributed by atoms with Crippen LogP contribution in [0.25, 0.3) is 10.9 Å². The number of aryl methyl sites for hydroxylation is 2. The number of carbonyl (C=O) groups excluding carboxylic acids is 2. The molecule has 0 saturated heterocycles. The second-order valence-electron chi connectivity index (χ2n) is 7.08. The van der Waals surface area contributed by atoms with E-state index in [0.29, 0.717) is 6.42 Å². The van der Waals surface area contributed by atoms with E-state index in [-0.39, 0.29) is 0 Å². The van der Waals surface area contributed by atoms with E-state index in [1.165, 1.54) is 7.11 Å². The van der Waals surface area contributed by atoms with Gasteiger partial charge in [-0.1, -0.05) is 6.07 Å². The monoisotopic (exact) mass is 347 g/mol. The van der Waals surface area contributed by atoms with Crippen molar-refractivity contribution in [1.29, 1.82) is 0 Å². The Kier molecular flexibility index (Phi) is 5.35. The summed E-state index contributed by atoms with van der Waals surface area (Å²) in [7, 11) is 3.15. The molecule has 7 heteroatoms. The number of alkyl carbamates (subject to hydrolysis) is 1. The van der Waals surface area contributed by atoms with Gasteiger partial charge in [0, 0.05) is 25.1 Å². The molecule has 2 aromatic rings. The van der Waals surface area contributed by atoms with Crippen molar-refractivity contribution in [3.8, 4) is 0 Å². The minimum absolute atomic E-state index is 0.303. The summed E-state index contributed by atoms with van der Waals surface area (Å²) in [5.41, 5.74) is 2.19. The van der Waals surface area contributed by atoms with E-state index in [0.717, 1.165) is 22.0 Å². The summed E-state index contributed by atoms with van der Waals surface area (Å²) >= 11 is 0. The topological polar surface area (TPSA) is 82.5 Å². The number of esters is 1. The van der Waals surface area contributed by atoms with Crippen LogP contribution in [0.15, 0.2) is 18.3 Å². The number of benzene rings is 1. The Bertz CT molecular complexity index is 789. The molecule has 2 rings (SSSR count). The normalized spacial score (nSPS) is 12.7. The number of amides is 1. The van der Waals surface area contributed by atoms with Crippen LogP contribution in [-0.2, 0) is 27.7 Å². The molecular weight excluding hydrogens is 322 g/mol. The lowest BCUT2D eigenvalue weighted by Crippen LogP contribution is -2.45. The third kappa shape index (κ3) is 4.95. The fraction of sp³-hybridized carbons (Fsp3) is 0.500. The maximum atomic E-state index is 12.1. The van der Waals surface area contributed by atoms with E-state index in [4.69, 9.17) is 9.47 Å². The lowest BCUT2D eigenvalue weighted by Gasteiger charge is -2.22. The van der Waals surface area contributed by atoms with E-state index in [9.17, 15) is 9.59 Å². The van der Waals surface area contributed by atoms with Crippen LogP contribution in [0.1, 0.15) is 31.9 Å². The number of hydrogen-bond donors (Lipinski definition) is 1. The van der Waals surface area contributed by atoms with Gasteiger partial charge >= 0.3 is 12.1 Å². The number of nitrogens with zero attached hydrogens (tertiary/aromatic N) is 2. The smallest absolute Gasteiger partial charge is 0.408 e. The molecular formula is C18H25N3O4. The largest absolute Gasteiger partial charge is 0.467 e. The molecule has 0 spiro atoms. The van der Waals surface area contributed by atoms with Crippen molar-refractivity contribution in [2.45, 2.75) is 45.8 Å². The van der Waals surface area contributed by atoms with Crippen LogP contribution in [-0.4, -0.2) is 40.6 Å². The second kappa shape index (κ2) is 7.13. The van der Waals surface area contributed by atoms with Gasteiger partial charge in [-0.25, -0.2) is 9.59 Å². The zero-order chi connectivity index (χ0) is 18.8. The van der Waals surface area contributed by atoms with Crippen LogP contribution < -0.4 is 5.32 Å². The highest BCUT2D eigenvalue weighted by atomic mass is 16.6. The van der Waals surface area contributed by atoms with Gasteiger partial charge in [0.15, 0.2) is 0 Å². The van der Waals surface area contributed by atoms with Crippen LogP contribution in [0.3, 0.4) is 0 Å². The summed E-state index contributed by atoms with van der Waals surface area (Å²) in [6.45, 7) is 7.26. The Morgan fingerprint density at radius 3 is 2.60 bits per heavy atom. The number of ether oxygens (including phenoxy) is 2. The standard InChI is InChI=1S/C18H25N3O4/c1-11-7-12(8-13-10-21(5)20-15(11)13)9-14(16(22)24-6)19-17(23)25-18(2,3)4/h7-8,10,14H,9H2,1-6H3,(H,19,23)/t14-/m1/s1. The van der Waals surface area contributed by atoms with E-state index in [2.05, 4.69) is 10.4 Å². The first-order valence-corrected chi connectivity index (χ1v) is 8.09. The van der Waals surface area contributed by atoms with Gasteiger partial charge in [0.05, 0.1) is 12.6 Å². The average molecular weight is 347 g/mol. The van der Waals surface area contributed by atoms with E-state index in [1.807, 2.05) is 32.3 Å². The molecule has 1 aromatic carbocycles. The van der Waals surface area contributed by atoms with Crippen LogP contribution in [0.2, 0.25) is 0 Å². The minimum atomic E-state index is -0.826. The third-order valence-corrected chi connectivity index (χ3v) is 3.59. The molecule has 1 amide bonds. The molecule has 0 fully saturated rings. The molecule has 0 aliphatic rings. The SMILES string of the molecule is COC(=O)[C@@H](Cc1cc(C)c2nn(C)cc2c1)NC(=O)OC(C)(C)C. The number of fused-ring (bicyclic) bond motifs is 1. The quantitative estimate of drug-likeness (QED) is 0.859. The fourth-order valence-corrected chi connectivity index (χ4v) is 2.65. The molecule has 25 heavy (non-hydrogen) atoms. The van der Waals surface area contributed by atoms with Crippen LogP contribution in [0, 0.1) is 6.92 Å². The molecule has 1 atom stereocenters. The first kappa shape index (κ1) is 18.8. The Balaban J connectivity index is 2.22. The van der Waals surface area contributed by atoms with Crippen molar-refractivity contribution >= 4 is 23.0 Å². The summed E-state index contributed by atoms with van der Waals surface area (Å²) in [5, 5.41) is 7.98. The highest BCUT2D eigenvalue weighted by Gasteiger charge is 2.25. The number of rotatable bonds is 4. The van der Waals surface area contributed by atoms with Gasteiger partial charge in [-0.05, 0) is 44.9 Å². The van der Waals surface area contributed by atoms with Crippen molar-refractivity contribution < 1.29 is 19.1 Å². The highest BCUT2D eigenvalue weighted by molar-refractivity contribution is 5.84. The number of hydrogen-bond acceptors (Lipinski definition) is 5. The average Bonchev–Trinajstić information content (AvgIpc) is 2.84. The minimum Gasteiger partial charge on any atom is -0.467 e. The number of aromatic nitrogens is 2. The summed E-state index contributed by atoms with van der Waals surface area (Å²) in [6, 6.07) is 3.10. The van der Waals surface area contributed by atoms with E-state index >= 15 is 0 Å². The molecule has 0 saturated carbocycles. The number of methoxy groups -OCH3 is 1. The van der Waals surface area contributed by atoms with Gasteiger partial charge in [0.2, 0.25) is 0 Å². The lowest BCUT2D eigenvalue weighted by molar-refractivity contribution is -0.143. The van der Waals surface area contributed by atoms with Gasteiger partial charge in [-0.2, -0.15) is 5.10 Å². The van der Waals surface area contributed by atoms with Gasteiger partial charge in [-0.3, -0.25) is 4.68 Å². The first-order chi connectivity index (χ1) is 11.6. The fourth-order valence-electron chi connectivity index (χ4n) is 2.65. The van der Waals surface area contributed by atoms with Crippen LogP contribution in [0.4, 0.5) is 4.79 Å². The Hall–Kier alpha value is -2.57. The van der Waals surface area contributed by atoms with Gasteiger partial charge < -0.3 is 14.8 Å². The third-order valence-electron chi connectivity index (χ3n) is 3.59. The maximum absolute atomic E-state index is 12.1. The molecule has 0 unspecified atom stereocenters. The maximum Gasteiger partial charge on any atom is 0.408 e. The second-order valence-corrected chi connectivity index (χ2v) is 7.08. The Morgan fingerprint density at radius 1 is 1.32 bits per heavy atom. The van der Waals surface area contributed by atoms with Crippen molar-refractivity contribution in [2.75, 3.05) is 7.11 Å². The van der Waals surface area contributed by atoms with E-state index in [1.54, 1.807) is 25.5 Å². The number of carbonyl (C=O) groups is 2. The zero-order valence-corrected chi connectivity index (χ0v) is 15.5. The molecule has 0 radical (unpaired) electrons. The Morgan fingerprint density at radius 2 is 2.00 bits per heavy atom. The predicted octanol–water partition coefficient (Wildman–Crippen LogP) is 2.49. The Labute approximate surface area is 147 Å².